The van der Waals surface area contributed by atoms with Crippen LogP contribution in [0.3, 0.4) is 0 Å². The third-order valence-corrected chi connectivity index (χ3v) is 5.74. The number of aromatic nitrogens is 2. The molecular weight excluding hydrogens is 362 g/mol. The minimum Gasteiger partial charge on any atom is -0.478 e. The van der Waals surface area contributed by atoms with E-state index in [2.05, 4.69) is 33.9 Å². The predicted octanol–water partition coefficient (Wildman–Crippen LogP) is 4.53. The summed E-state index contributed by atoms with van der Waals surface area (Å²) in [6.45, 7) is 5.11. The molecule has 2 heterocycles. The molecule has 1 aromatic heterocycles. The Hall–Kier alpha value is -3.05. The molecule has 1 aliphatic rings. The first-order chi connectivity index (χ1) is 14.1. The molecule has 0 unspecified atom stereocenters. The van der Waals surface area contributed by atoms with Crippen molar-refractivity contribution in [3.05, 3.63) is 83.4 Å². The van der Waals surface area contributed by atoms with Crippen LogP contribution in [0.5, 0.6) is 0 Å². The van der Waals surface area contributed by atoms with E-state index in [4.69, 9.17) is 0 Å². The average molecular weight is 387 g/mol. The zero-order valence-electron chi connectivity index (χ0n) is 16.6. The summed E-state index contributed by atoms with van der Waals surface area (Å²) in [7, 11) is 0. The fourth-order valence-electron chi connectivity index (χ4n) is 4.17. The highest BCUT2D eigenvalue weighted by atomic mass is 16.4. The summed E-state index contributed by atoms with van der Waals surface area (Å²) >= 11 is 0. The van der Waals surface area contributed by atoms with Crippen molar-refractivity contribution in [3.63, 3.8) is 0 Å². The molecule has 29 heavy (non-hydrogen) atoms. The molecule has 148 valence electrons. The maximum atomic E-state index is 11.5. The molecule has 5 nitrogen and oxygen atoms in total. The van der Waals surface area contributed by atoms with E-state index >= 15 is 0 Å². The van der Waals surface area contributed by atoms with Crippen molar-refractivity contribution in [2.75, 3.05) is 13.1 Å². The Morgan fingerprint density at radius 2 is 1.83 bits per heavy atom. The van der Waals surface area contributed by atoms with Gasteiger partial charge in [0, 0.05) is 24.4 Å². The Kier molecular flexibility index (Phi) is 5.67. The first-order valence-corrected chi connectivity index (χ1v) is 10.0. The van der Waals surface area contributed by atoms with Gasteiger partial charge in [0.25, 0.3) is 0 Å². The summed E-state index contributed by atoms with van der Waals surface area (Å²) < 4.78 is 0. The topological polar surface area (TPSA) is 66.3 Å². The summed E-state index contributed by atoms with van der Waals surface area (Å²) in [5, 5.41) is 9.40. The minimum absolute atomic E-state index is 0.335. The molecule has 1 N–H and O–H groups in total. The zero-order valence-corrected chi connectivity index (χ0v) is 16.6. The number of likely N-dealkylation sites (tertiary alicyclic amines) is 1. The second kappa shape index (κ2) is 8.53. The molecule has 0 spiro atoms. The number of nitrogens with zero attached hydrogens (tertiary/aromatic N) is 3. The lowest BCUT2D eigenvalue weighted by atomic mass is 9.91. The van der Waals surface area contributed by atoms with Gasteiger partial charge in [0.1, 0.15) is 6.33 Å². The van der Waals surface area contributed by atoms with Gasteiger partial charge in [-0.05, 0) is 61.2 Å². The van der Waals surface area contributed by atoms with Crippen LogP contribution < -0.4 is 0 Å². The summed E-state index contributed by atoms with van der Waals surface area (Å²) in [5.41, 5.74) is 5.65. The third-order valence-electron chi connectivity index (χ3n) is 5.74. The fraction of sp³-hybridized carbons (Fsp3) is 0.292. The van der Waals surface area contributed by atoms with Gasteiger partial charge in [-0.3, -0.25) is 4.90 Å². The summed E-state index contributed by atoms with van der Waals surface area (Å²) in [6.07, 6.45) is 5.78. The quantitative estimate of drug-likeness (QED) is 0.697. The number of benzene rings is 2. The van der Waals surface area contributed by atoms with Gasteiger partial charge in [0.15, 0.2) is 0 Å². The van der Waals surface area contributed by atoms with Crippen LogP contribution in [0, 0.1) is 6.92 Å². The van der Waals surface area contributed by atoms with E-state index < -0.39 is 5.97 Å². The number of hydrogen-bond acceptors (Lipinski definition) is 4. The number of carboxylic acid groups (broad SMARTS) is 1. The highest BCUT2D eigenvalue weighted by molar-refractivity contribution is 5.95. The highest BCUT2D eigenvalue weighted by Crippen LogP contribution is 2.29. The van der Waals surface area contributed by atoms with Crippen LogP contribution in [-0.4, -0.2) is 39.0 Å². The molecule has 0 aliphatic carbocycles. The van der Waals surface area contributed by atoms with Crippen LogP contribution in [0.25, 0.3) is 11.1 Å². The Labute approximate surface area is 171 Å². The molecular formula is C24H25N3O2. The van der Waals surface area contributed by atoms with Crippen molar-refractivity contribution < 1.29 is 9.90 Å². The van der Waals surface area contributed by atoms with Crippen molar-refractivity contribution >= 4 is 5.97 Å². The summed E-state index contributed by atoms with van der Waals surface area (Å²) in [6, 6.07) is 15.4. The number of hydrogen-bond donors (Lipinski definition) is 1. The van der Waals surface area contributed by atoms with E-state index in [1.807, 2.05) is 30.5 Å². The molecule has 0 atom stereocenters. The molecule has 4 rings (SSSR count). The Morgan fingerprint density at radius 3 is 2.52 bits per heavy atom. The maximum absolute atomic E-state index is 11.5. The first-order valence-electron chi connectivity index (χ1n) is 10.0. The Balaban J connectivity index is 1.39. The Bertz CT molecular complexity index is 993. The second-order valence-corrected chi connectivity index (χ2v) is 7.69. The van der Waals surface area contributed by atoms with Gasteiger partial charge in [-0.2, -0.15) is 0 Å². The molecule has 5 heteroatoms. The van der Waals surface area contributed by atoms with Crippen molar-refractivity contribution in [1.82, 2.24) is 14.9 Å². The van der Waals surface area contributed by atoms with Crippen LogP contribution in [-0.2, 0) is 6.54 Å². The lowest BCUT2D eigenvalue weighted by Gasteiger charge is -2.32. The number of aromatic carboxylic acids is 1. The van der Waals surface area contributed by atoms with E-state index in [9.17, 15) is 9.90 Å². The van der Waals surface area contributed by atoms with Crippen LogP contribution in [0.4, 0.5) is 0 Å². The van der Waals surface area contributed by atoms with E-state index in [0.29, 0.717) is 11.5 Å². The largest absolute Gasteiger partial charge is 0.478 e. The highest BCUT2D eigenvalue weighted by Gasteiger charge is 2.23. The standard InChI is InChI=1S/C24H25N3O2/c1-17-14-25-16-26-23(17)20-10-12-27(13-11-20)15-18-6-8-19(9-7-18)21-4-2-3-5-22(21)24(28)29/h2-9,14,16,20H,10-13,15H2,1H3,(H,28,29). The lowest BCUT2D eigenvalue weighted by molar-refractivity contribution is 0.0697. The van der Waals surface area contributed by atoms with Crippen LogP contribution >= 0.6 is 0 Å². The smallest absolute Gasteiger partial charge is 0.336 e. The Morgan fingerprint density at radius 1 is 1.10 bits per heavy atom. The van der Waals surface area contributed by atoms with Gasteiger partial charge in [-0.25, -0.2) is 14.8 Å². The van der Waals surface area contributed by atoms with Crippen LogP contribution in [0.1, 0.15) is 45.9 Å². The summed E-state index contributed by atoms with van der Waals surface area (Å²) in [4.78, 5) is 22.5. The van der Waals surface area contributed by atoms with Crippen LogP contribution in [0.15, 0.2) is 61.1 Å². The average Bonchev–Trinajstić information content (AvgIpc) is 2.75. The van der Waals surface area contributed by atoms with Gasteiger partial charge in [-0.15, -0.1) is 0 Å². The molecule has 0 saturated carbocycles. The molecule has 0 radical (unpaired) electrons. The summed E-state index contributed by atoms with van der Waals surface area (Å²) in [5.74, 6) is -0.379. The number of piperidine rings is 1. The molecule has 1 saturated heterocycles. The number of rotatable bonds is 5. The maximum Gasteiger partial charge on any atom is 0.336 e. The van der Waals surface area contributed by atoms with E-state index in [-0.39, 0.29) is 0 Å². The monoisotopic (exact) mass is 387 g/mol. The van der Waals surface area contributed by atoms with Crippen molar-refractivity contribution in [2.24, 2.45) is 0 Å². The first kappa shape index (κ1) is 19.3. The van der Waals surface area contributed by atoms with E-state index in [0.717, 1.165) is 43.6 Å². The number of aryl methyl sites for hydroxylation is 1. The minimum atomic E-state index is -0.897. The molecule has 0 amide bonds. The van der Waals surface area contributed by atoms with Gasteiger partial charge >= 0.3 is 5.97 Å². The van der Waals surface area contributed by atoms with E-state index in [1.54, 1.807) is 18.5 Å². The third kappa shape index (κ3) is 4.35. The van der Waals surface area contributed by atoms with Crippen molar-refractivity contribution in [2.45, 2.75) is 32.2 Å². The van der Waals surface area contributed by atoms with Gasteiger partial charge in [-0.1, -0.05) is 42.5 Å². The van der Waals surface area contributed by atoms with Crippen LogP contribution in [0.2, 0.25) is 0 Å². The lowest BCUT2D eigenvalue weighted by Crippen LogP contribution is -2.32. The normalized spacial score (nSPS) is 15.3. The van der Waals surface area contributed by atoms with Crippen molar-refractivity contribution in [3.8, 4) is 11.1 Å². The molecule has 1 fully saturated rings. The molecule has 2 aromatic carbocycles. The molecule has 0 bridgehead atoms. The van der Waals surface area contributed by atoms with Gasteiger partial charge in [0.05, 0.1) is 5.56 Å². The predicted molar refractivity (Wildman–Crippen MR) is 113 cm³/mol. The SMILES string of the molecule is Cc1cncnc1C1CCN(Cc2ccc(-c3ccccc3C(=O)O)cc2)CC1. The second-order valence-electron chi connectivity index (χ2n) is 7.69. The van der Waals surface area contributed by atoms with Gasteiger partial charge < -0.3 is 5.11 Å². The number of carboxylic acids is 1. The number of carbonyl (C=O) groups is 1. The van der Waals surface area contributed by atoms with Crippen molar-refractivity contribution in [1.29, 1.82) is 0 Å². The zero-order chi connectivity index (χ0) is 20.2. The van der Waals surface area contributed by atoms with E-state index in [1.165, 1.54) is 16.8 Å². The molecule has 3 aromatic rings. The van der Waals surface area contributed by atoms with Gasteiger partial charge in [0.2, 0.25) is 0 Å². The fourth-order valence-corrected chi connectivity index (χ4v) is 4.17. The molecule has 1 aliphatic heterocycles.